The van der Waals surface area contributed by atoms with Gasteiger partial charge in [0.15, 0.2) is 0 Å². The molecule has 3 atom stereocenters. The van der Waals surface area contributed by atoms with Gasteiger partial charge in [-0.15, -0.1) is 0 Å². The maximum atomic E-state index is 6.15. The fraction of sp³-hybridized carbons (Fsp3) is 0.636. The Morgan fingerprint density at radius 3 is 2.61 bits per heavy atom. The second kappa shape index (κ2) is 6.43. The van der Waals surface area contributed by atoms with Crippen molar-refractivity contribution in [3.8, 4) is 0 Å². The molecule has 0 aromatic heterocycles. The maximum Gasteiger partial charge on any atom is 0.0717 e. The molecular formula is C22H32O. The summed E-state index contributed by atoms with van der Waals surface area (Å²) in [4.78, 5) is 0. The first-order valence-corrected chi connectivity index (χ1v) is 9.23. The Morgan fingerprint density at radius 2 is 1.87 bits per heavy atom. The van der Waals surface area contributed by atoms with Crippen LogP contribution in [0.3, 0.4) is 0 Å². The van der Waals surface area contributed by atoms with Crippen molar-refractivity contribution in [3.05, 3.63) is 48.0 Å². The van der Waals surface area contributed by atoms with E-state index in [9.17, 15) is 0 Å². The zero-order chi connectivity index (χ0) is 16.5. The summed E-state index contributed by atoms with van der Waals surface area (Å²) in [7, 11) is 0. The van der Waals surface area contributed by atoms with Gasteiger partial charge in [-0.05, 0) is 48.0 Å². The normalized spacial score (nSPS) is 33.3. The highest BCUT2D eigenvalue weighted by molar-refractivity contribution is 5.16. The van der Waals surface area contributed by atoms with Gasteiger partial charge < -0.3 is 4.74 Å². The van der Waals surface area contributed by atoms with Gasteiger partial charge in [0, 0.05) is 5.92 Å². The molecule has 0 bridgehead atoms. The molecule has 3 unspecified atom stereocenters. The number of benzene rings is 1. The summed E-state index contributed by atoms with van der Waals surface area (Å²) in [5, 5.41) is 0. The maximum absolute atomic E-state index is 6.15. The van der Waals surface area contributed by atoms with E-state index in [4.69, 9.17) is 4.74 Å². The second-order valence-corrected chi connectivity index (χ2v) is 8.65. The third kappa shape index (κ3) is 3.26. The van der Waals surface area contributed by atoms with Crippen molar-refractivity contribution in [2.75, 3.05) is 6.61 Å². The molecule has 1 heteroatoms. The van der Waals surface area contributed by atoms with Gasteiger partial charge in [-0.2, -0.15) is 0 Å². The van der Waals surface area contributed by atoms with Crippen molar-refractivity contribution >= 4 is 0 Å². The SMILES string of the molecule is C=C1CCC2C(C)(C)CCCC2(C)C1COCc1ccccc1. The molecule has 0 radical (unpaired) electrons. The van der Waals surface area contributed by atoms with Gasteiger partial charge in [0.1, 0.15) is 0 Å². The van der Waals surface area contributed by atoms with E-state index >= 15 is 0 Å². The zero-order valence-corrected chi connectivity index (χ0v) is 15.1. The minimum absolute atomic E-state index is 0.369. The fourth-order valence-electron chi connectivity index (χ4n) is 5.45. The lowest BCUT2D eigenvalue weighted by atomic mass is 9.48. The van der Waals surface area contributed by atoms with E-state index in [0.29, 0.717) is 16.7 Å². The van der Waals surface area contributed by atoms with Crippen molar-refractivity contribution in [2.24, 2.45) is 22.7 Å². The summed E-state index contributed by atoms with van der Waals surface area (Å²) in [6.45, 7) is 13.4. The van der Waals surface area contributed by atoms with Crippen LogP contribution in [0.1, 0.15) is 58.4 Å². The Morgan fingerprint density at radius 1 is 1.13 bits per heavy atom. The van der Waals surface area contributed by atoms with E-state index in [0.717, 1.165) is 19.1 Å². The van der Waals surface area contributed by atoms with E-state index in [1.807, 2.05) is 0 Å². The lowest BCUT2D eigenvalue weighted by molar-refractivity contribution is -0.0770. The quantitative estimate of drug-likeness (QED) is 0.619. The summed E-state index contributed by atoms with van der Waals surface area (Å²) in [5.41, 5.74) is 3.52. The van der Waals surface area contributed by atoms with Crippen LogP contribution in [0.25, 0.3) is 0 Å². The summed E-state index contributed by atoms with van der Waals surface area (Å²) in [6.07, 6.45) is 6.56. The summed E-state index contributed by atoms with van der Waals surface area (Å²) in [5.74, 6) is 1.32. The van der Waals surface area contributed by atoms with Crippen LogP contribution in [0.2, 0.25) is 0 Å². The molecule has 0 saturated heterocycles. The number of fused-ring (bicyclic) bond motifs is 1. The van der Waals surface area contributed by atoms with Crippen molar-refractivity contribution in [3.63, 3.8) is 0 Å². The predicted molar refractivity (Wildman–Crippen MR) is 97.2 cm³/mol. The first-order valence-electron chi connectivity index (χ1n) is 9.23. The topological polar surface area (TPSA) is 9.23 Å². The van der Waals surface area contributed by atoms with Gasteiger partial charge in [0.2, 0.25) is 0 Å². The smallest absolute Gasteiger partial charge is 0.0717 e. The van der Waals surface area contributed by atoms with Crippen LogP contribution in [-0.4, -0.2) is 6.61 Å². The van der Waals surface area contributed by atoms with Gasteiger partial charge in [0.05, 0.1) is 13.2 Å². The average Bonchev–Trinajstić information content (AvgIpc) is 2.50. The predicted octanol–water partition coefficient (Wildman–Crippen LogP) is 6.00. The van der Waals surface area contributed by atoms with Crippen LogP contribution in [0, 0.1) is 22.7 Å². The molecule has 1 aromatic carbocycles. The molecule has 0 aliphatic heterocycles. The molecule has 2 aliphatic rings. The van der Waals surface area contributed by atoms with E-state index in [2.05, 4.69) is 57.7 Å². The molecule has 0 N–H and O–H groups in total. The van der Waals surface area contributed by atoms with Gasteiger partial charge in [-0.25, -0.2) is 0 Å². The van der Waals surface area contributed by atoms with E-state index in [1.165, 1.54) is 43.2 Å². The lowest BCUT2D eigenvalue weighted by Crippen LogP contribution is -2.50. The van der Waals surface area contributed by atoms with Gasteiger partial charge >= 0.3 is 0 Å². The van der Waals surface area contributed by atoms with Gasteiger partial charge in [-0.3, -0.25) is 0 Å². The van der Waals surface area contributed by atoms with Gasteiger partial charge in [0.25, 0.3) is 0 Å². The third-order valence-corrected chi connectivity index (χ3v) is 6.71. The number of hydrogen-bond acceptors (Lipinski definition) is 1. The molecule has 0 amide bonds. The van der Waals surface area contributed by atoms with E-state index in [-0.39, 0.29) is 0 Å². The van der Waals surface area contributed by atoms with Crippen LogP contribution in [0.15, 0.2) is 42.5 Å². The Labute approximate surface area is 142 Å². The molecule has 1 aromatic rings. The molecule has 3 rings (SSSR count). The lowest BCUT2D eigenvalue weighted by Gasteiger charge is -2.57. The van der Waals surface area contributed by atoms with Crippen molar-refractivity contribution in [2.45, 2.75) is 59.5 Å². The number of hydrogen-bond donors (Lipinski definition) is 0. The summed E-state index contributed by atoms with van der Waals surface area (Å²) in [6, 6.07) is 10.5. The summed E-state index contributed by atoms with van der Waals surface area (Å²) < 4.78 is 6.15. The fourth-order valence-corrected chi connectivity index (χ4v) is 5.45. The van der Waals surface area contributed by atoms with Crippen LogP contribution in [-0.2, 0) is 11.3 Å². The second-order valence-electron chi connectivity index (χ2n) is 8.65. The molecule has 126 valence electrons. The Balaban J connectivity index is 1.70. The van der Waals surface area contributed by atoms with Crippen molar-refractivity contribution in [1.82, 2.24) is 0 Å². The highest BCUT2D eigenvalue weighted by atomic mass is 16.5. The first-order chi connectivity index (χ1) is 10.9. The molecule has 0 spiro atoms. The molecular weight excluding hydrogens is 280 g/mol. The Hall–Kier alpha value is -1.08. The molecule has 2 aliphatic carbocycles. The van der Waals surface area contributed by atoms with Crippen LogP contribution in [0.5, 0.6) is 0 Å². The molecule has 0 heterocycles. The van der Waals surface area contributed by atoms with E-state index < -0.39 is 0 Å². The number of rotatable bonds is 4. The zero-order valence-electron chi connectivity index (χ0n) is 15.1. The minimum Gasteiger partial charge on any atom is -0.376 e. The molecule has 23 heavy (non-hydrogen) atoms. The first kappa shape index (κ1) is 16.8. The standard InChI is InChI=1S/C22H32O/c1-17-11-12-20-21(2,3)13-8-14-22(20,4)19(17)16-23-15-18-9-6-5-7-10-18/h5-7,9-10,19-20H,1,8,11-16H2,2-4H3. The third-order valence-electron chi connectivity index (χ3n) is 6.71. The number of ether oxygens (including phenoxy) is 1. The highest BCUT2D eigenvalue weighted by Gasteiger charge is 2.52. The molecule has 2 fully saturated rings. The summed E-state index contributed by atoms with van der Waals surface area (Å²) >= 11 is 0. The van der Waals surface area contributed by atoms with Crippen LogP contribution >= 0.6 is 0 Å². The molecule has 1 nitrogen and oxygen atoms in total. The van der Waals surface area contributed by atoms with Crippen LogP contribution < -0.4 is 0 Å². The Kier molecular flexibility index (Phi) is 4.69. The van der Waals surface area contributed by atoms with E-state index in [1.54, 1.807) is 0 Å². The minimum atomic E-state index is 0.369. The average molecular weight is 312 g/mol. The molecule has 2 saturated carbocycles. The van der Waals surface area contributed by atoms with Gasteiger partial charge in [-0.1, -0.05) is 69.7 Å². The Bertz CT molecular complexity index is 544. The largest absolute Gasteiger partial charge is 0.376 e. The highest BCUT2D eigenvalue weighted by Crippen LogP contribution is 2.60. The van der Waals surface area contributed by atoms with Crippen molar-refractivity contribution < 1.29 is 4.74 Å². The van der Waals surface area contributed by atoms with Crippen molar-refractivity contribution in [1.29, 1.82) is 0 Å². The van der Waals surface area contributed by atoms with Crippen LogP contribution in [0.4, 0.5) is 0 Å². The monoisotopic (exact) mass is 312 g/mol.